The minimum absolute atomic E-state index is 0. The van der Waals surface area contributed by atoms with E-state index in [1.807, 2.05) is 24.3 Å². The van der Waals surface area contributed by atoms with Crippen LogP contribution < -0.4 is 20.7 Å². The second kappa shape index (κ2) is 10.6. The molecule has 2 aromatic carbocycles. The minimum atomic E-state index is -1.63. The van der Waals surface area contributed by atoms with Crippen LogP contribution in [-0.2, 0) is 4.79 Å². The van der Waals surface area contributed by atoms with E-state index in [1.54, 1.807) is 7.05 Å². The van der Waals surface area contributed by atoms with Crippen molar-refractivity contribution in [1.82, 2.24) is 10.6 Å². The first-order chi connectivity index (χ1) is 15.4. The summed E-state index contributed by atoms with van der Waals surface area (Å²) in [5.41, 5.74) is 0.383. The number of aliphatic imine (C=N–C) groups is 1. The molecule has 3 N–H and O–H groups in total. The van der Waals surface area contributed by atoms with Gasteiger partial charge in [-0.05, 0) is 43.9 Å². The number of halogens is 4. The third kappa shape index (κ3) is 5.53. The van der Waals surface area contributed by atoms with Gasteiger partial charge in [-0.2, -0.15) is 0 Å². The number of ether oxygens (including phenoxy) is 1. The van der Waals surface area contributed by atoms with Gasteiger partial charge < -0.3 is 20.7 Å². The summed E-state index contributed by atoms with van der Waals surface area (Å²) in [5.74, 6) is -3.78. The third-order valence-electron chi connectivity index (χ3n) is 5.97. The molecule has 178 valence electrons. The van der Waals surface area contributed by atoms with E-state index >= 15 is 0 Å². The highest BCUT2D eigenvalue weighted by molar-refractivity contribution is 14.0. The number of carbonyl (C=O) groups is 1. The van der Waals surface area contributed by atoms with Crippen molar-refractivity contribution in [3.05, 3.63) is 59.4 Å². The molecule has 0 radical (unpaired) electrons. The number of nitrogens with one attached hydrogen (secondary N) is 3. The van der Waals surface area contributed by atoms with Gasteiger partial charge in [0.05, 0.1) is 18.3 Å². The molecule has 1 aliphatic heterocycles. The SMILES string of the molecule is CN=C(NCC(=O)Nc1ccc(F)c(F)c1F)NC1CC2(CCCC2)Oc2ccccc21.I. The van der Waals surface area contributed by atoms with E-state index in [0.717, 1.165) is 55.5 Å². The normalized spacial score (nSPS) is 18.7. The number of hydrogen-bond acceptors (Lipinski definition) is 3. The fourth-order valence-corrected chi connectivity index (χ4v) is 4.41. The number of carbonyl (C=O) groups excluding carboxylic acids is 1. The van der Waals surface area contributed by atoms with Crippen LogP contribution in [0, 0.1) is 17.5 Å². The molecule has 10 heteroatoms. The number of rotatable bonds is 4. The van der Waals surface area contributed by atoms with Crippen LogP contribution in [0.3, 0.4) is 0 Å². The molecule has 1 aliphatic carbocycles. The maximum atomic E-state index is 13.8. The Hall–Kier alpha value is -2.50. The van der Waals surface area contributed by atoms with Gasteiger partial charge in [-0.15, -0.1) is 24.0 Å². The maximum Gasteiger partial charge on any atom is 0.243 e. The first-order valence-electron chi connectivity index (χ1n) is 10.6. The summed E-state index contributed by atoms with van der Waals surface area (Å²) in [7, 11) is 1.58. The molecule has 6 nitrogen and oxygen atoms in total. The average molecular weight is 574 g/mol. The van der Waals surface area contributed by atoms with Crippen LogP contribution in [-0.4, -0.2) is 31.1 Å². The van der Waals surface area contributed by atoms with E-state index < -0.39 is 29.0 Å². The summed E-state index contributed by atoms with van der Waals surface area (Å²) in [4.78, 5) is 16.4. The van der Waals surface area contributed by atoms with Crippen molar-refractivity contribution in [2.45, 2.75) is 43.7 Å². The Kier molecular flexibility index (Phi) is 8.09. The molecule has 0 saturated heterocycles. The average Bonchev–Trinajstić information content (AvgIpc) is 3.24. The largest absolute Gasteiger partial charge is 0.487 e. The van der Waals surface area contributed by atoms with E-state index in [4.69, 9.17) is 4.74 Å². The van der Waals surface area contributed by atoms with E-state index in [-0.39, 0.29) is 42.2 Å². The molecule has 1 unspecified atom stereocenters. The standard InChI is InChI=1S/C23H25F3N4O2.HI/c1-27-22(28-13-19(31)29-16-9-8-15(24)20(25)21(16)26)30-17-12-23(10-4-5-11-23)32-18-7-3-2-6-14(17)18;/h2-3,6-9,17H,4-5,10-13H2,1H3,(H,29,31)(H2,27,28,30);1H. The fraction of sp³-hybridized carbons (Fsp3) is 0.391. The Morgan fingerprint density at radius 1 is 1.12 bits per heavy atom. The van der Waals surface area contributed by atoms with Gasteiger partial charge in [0.25, 0.3) is 0 Å². The van der Waals surface area contributed by atoms with Crippen molar-refractivity contribution in [2.75, 3.05) is 18.9 Å². The smallest absolute Gasteiger partial charge is 0.243 e. The predicted octanol–water partition coefficient (Wildman–Crippen LogP) is 4.66. The van der Waals surface area contributed by atoms with Crippen LogP contribution >= 0.6 is 24.0 Å². The van der Waals surface area contributed by atoms with E-state index in [9.17, 15) is 18.0 Å². The molecule has 0 aromatic heterocycles. The molecule has 0 bridgehead atoms. The van der Waals surface area contributed by atoms with Gasteiger partial charge in [-0.25, -0.2) is 13.2 Å². The van der Waals surface area contributed by atoms with Gasteiger partial charge in [0.1, 0.15) is 11.4 Å². The van der Waals surface area contributed by atoms with Crippen LogP contribution in [0.4, 0.5) is 18.9 Å². The van der Waals surface area contributed by atoms with Crippen LogP contribution in [0.5, 0.6) is 5.75 Å². The lowest BCUT2D eigenvalue weighted by Crippen LogP contribution is -2.47. The lowest BCUT2D eigenvalue weighted by Gasteiger charge is -2.40. The number of hydrogen-bond donors (Lipinski definition) is 3. The van der Waals surface area contributed by atoms with Crippen molar-refractivity contribution in [2.24, 2.45) is 4.99 Å². The number of guanidine groups is 1. The van der Waals surface area contributed by atoms with Gasteiger partial charge in [0, 0.05) is 19.0 Å². The molecule has 4 rings (SSSR count). The van der Waals surface area contributed by atoms with Crippen molar-refractivity contribution in [3.63, 3.8) is 0 Å². The van der Waals surface area contributed by atoms with Gasteiger partial charge in [-0.1, -0.05) is 18.2 Å². The number of fused-ring (bicyclic) bond motifs is 1. The van der Waals surface area contributed by atoms with Crippen molar-refractivity contribution >= 4 is 41.5 Å². The molecule has 1 atom stereocenters. The zero-order valence-electron chi connectivity index (χ0n) is 18.1. The summed E-state index contributed by atoms with van der Waals surface area (Å²) in [5, 5.41) is 8.47. The summed E-state index contributed by atoms with van der Waals surface area (Å²) in [6.07, 6.45) is 5.02. The number of amides is 1. The Bertz CT molecular complexity index is 1040. The van der Waals surface area contributed by atoms with Crippen molar-refractivity contribution in [1.29, 1.82) is 0 Å². The highest BCUT2D eigenvalue weighted by Gasteiger charge is 2.43. The monoisotopic (exact) mass is 574 g/mol. The summed E-state index contributed by atoms with van der Waals surface area (Å²) in [6.45, 7) is -0.242. The lowest BCUT2D eigenvalue weighted by molar-refractivity contribution is -0.115. The first-order valence-corrected chi connectivity index (χ1v) is 10.6. The zero-order chi connectivity index (χ0) is 22.7. The molecule has 1 heterocycles. The van der Waals surface area contributed by atoms with Crippen LogP contribution in [0.2, 0.25) is 0 Å². The molecule has 1 spiro atoms. The summed E-state index contributed by atoms with van der Waals surface area (Å²) in [6, 6.07) is 9.52. The quantitative estimate of drug-likeness (QED) is 0.215. The Balaban J connectivity index is 0.00000306. The van der Waals surface area contributed by atoms with Crippen LogP contribution in [0.15, 0.2) is 41.4 Å². The molecule has 1 amide bonds. The number of anilines is 1. The Morgan fingerprint density at radius 2 is 1.85 bits per heavy atom. The molecular weight excluding hydrogens is 548 g/mol. The molecule has 1 saturated carbocycles. The van der Waals surface area contributed by atoms with E-state index in [2.05, 4.69) is 20.9 Å². The molecule has 1 fully saturated rings. The topological polar surface area (TPSA) is 74.8 Å². The lowest BCUT2D eigenvalue weighted by atomic mass is 9.86. The van der Waals surface area contributed by atoms with Crippen LogP contribution in [0.25, 0.3) is 0 Å². The molecule has 33 heavy (non-hydrogen) atoms. The fourth-order valence-electron chi connectivity index (χ4n) is 4.41. The number of nitrogens with zero attached hydrogens (tertiary/aromatic N) is 1. The second-order valence-corrected chi connectivity index (χ2v) is 8.13. The van der Waals surface area contributed by atoms with Gasteiger partial charge in [-0.3, -0.25) is 9.79 Å². The molecule has 2 aromatic rings. The Morgan fingerprint density at radius 3 is 2.58 bits per heavy atom. The Labute approximate surface area is 207 Å². The zero-order valence-corrected chi connectivity index (χ0v) is 20.4. The molecule has 2 aliphatic rings. The third-order valence-corrected chi connectivity index (χ3v) is 5.97. The van der Waals surface area contributed by atoms with Gasteiger partial charge in [0.2, 0.25) is 5.91 Å². The highest BCUT2D eigenvalue weighted by atomic mass is 127. The summed E-state index contributed by atoms with van der Waals surface area (Å²) >= 11 is 0. The van der Waals surface area contributed by atoms with E-state index in [1.165, 1.54) is 0 Å². The number of para-hydroxylation sites is 1. The van der Waals surface area contributed by atoms with Crippen molar-refractivity contribution < 1.29 is 22.7 Å². The second-order valence-electron chi connectivity index (χ2n) is 8.13. The van der Waals surface area contributed by atoms with E-state index in [0.29, 0.717) is 5.96 Å². The van der Waals surface area contributed by atoms with Crippen molar-refractivity contribution in [3.8, 4) is 5.75 Å². The summed E-state index contributed by atoms with van der Waals surface area (Å²) < 4.78 is 46.6. The minimum Gasteiger partial charge on any atom is -0.487 e. The highest BCUT2D eigenvalue weighted by Crippen LogP contribution is 2.46. The van der Waals surface area contributed by atoms with Crippen LogP contribution in [0.1, 0.15) is 43.7 Å². The maximum absolute atomic E-state index is 13.8. The molecular formula is C23H26F3IN4O2. The van der Waals surface area contributed by atoms with Gasteiger partial charge >= 0.3 is 0 Å². The predicted molar refractivity (Wildman–Crippen MR) is 130 cm³/mol. The first kappa shape index (κ1) is 25.1. The van der Waals surface area contributed by atoms with Gasteiger partial charge in [0.15, 0.2) is 23.4 Å². The number of benzene rings is 2.